The summed E-state index contributed by atoms with van der Waals surface area (Å²) in [7, 11) is -3.89. The van der Waals surface area contributed by atoms with Crippen LogP contribution < -0.4 is 13.6 Å². The van der Waals surface area contributed by atoms with Gasteiger partial charge in [-0.25, -0.2) is 0 Å². The molecule has 0 aromatic heterocycles. The van der Waals surface area contributed by atoms with Gasteiger partial charge in [-0.3, -0.25) is 0 Å². The molecule has 0 fully saturated rings. The molecule has 0 saturated carbocycles. The van der Waals surface area contributed by atoms with Crippen LogP contribution in [-0.2, 0) is 4.57 Å². The molecule has 0 aliphatic carbocycles. The first kappa shape index (κ1) is 18.2. The normalized spacial score (nSPS) is 10.3. The van der Waals surface area contributed by atoms with Crippen LogP contribution in [0.2, 0.25) is 0 Å². The van der Waals surface area contributed by atoms with E-state index in [1.165, 1.54) is 0 Å². The number of benzene rings is 3. The van der Waals surface area contributed by atoms with Crippen LogP contribution in [0.3, 0.4) is 0 Å². The molecule has 0 bridgehead atoms. The number of para-hydroxylation sites is 3. The van der Waals surface area contributed by atoms with Gasteiger partial charge in [-0.15, -0.1) is 0 Å². The second-order valence-corrected chi connectivity index (χ2v) is 6.10. The van der Waals surface area contributed by atoms with E-state index in [-0.39, 0.29) is 18.9 Å². The Morgan fingerprint density at radius 2 is 0.750 bits per heavy atom. The Kier molecular flexibility index (Phi) is 6.58. The average Bonchev–Trinajstić information content (AvgIpc) is 2.57. The molecule has 3 rings (SSSR count). The van der Waals surface area contributed by atoms with Gasteiger partial charge in [0.1, 0.15) is 17.2 Å². The minimum absolute atomic E-state index is 0. The van der Waals surface area contributed by atoms with Crippen molar-refractivity contribution in [2.24, 2.45) is 0 Å². The molecule has 0 aliphatic heterocycles. The summed E-state index contributed by atoms with van der Waals surface area (Å²) in [5.74, 6) is 1.22. The second kappa shape index (κ2) is 8.66. The van der Waals surface area contributed by atoms with E-state index in [9.17, 15) is 4.57 Å². The molecule has 6 heteroatoms. The molecule has 117 valence electrons. The second-order valence-electron chi connectivity index (χ2n) is 4.66. The molecule has 3 aromatic carbocycles. The Morgan fingerprint density at radius 3 is 1.00 bits per heavy atom. The summed E-state index contributed by atoms with van der Waals surface area (Å²) in [5, 5.41) is 0. The van der Waals surface area contributed by atoms with Gasteiger partial charge in [0.2, 0.25) is 0 Å². The molecule has 0 unspecified atom stereocenters. The van der Waals surface area contributed by atoms with Crippen LogP contribution in [0, 0.1) is 0 Å². The Balaban J connectivity index is 0.00000208. The Hall–Kier alpha value is -2.11. The molecule has 0 saturated heterocycles. The molecule has 3 aromatic rings. The van der Waals surface area contributed by atoms with E-state index in [4.69, 9.17) is 13.6 Å². The maximum absolute atomic E-state index is 13.1. The number of phosphoric acid groups is 1. The summed E-state index contributed by atoms with van der Waals surface area (Å²) < 4.78 is 29.6. The van der Waals surface area contributed by atoms with E-state index in [0.717, 1.165) is 0 Å². The van der Waals surface area contributed by atoms with Gasteiger partial charge in [-0.2, -0.15) is 4.57 Å². The summed E-state index contributed by atoms with van der Waals surface area (Å²) >= 11 is 0. The SMILES string of the molecule is O=P(Oc1ccccc1)(Oc1ccccc1)Oc1ccccc1.[Li]. The van der Waals surface area contributed by atoms with Crippen LogP contribution in [-0.4, -0.2) is 18.9 Å². The zero-order valence-corrected chi connectivity index (χ0v) is 14.1. The predicted octanol–water partition coefficient (Wildman–Crippen LogP) is 4.95. The van der Waals surface area contributed by atoms with Crippen LogP contribution in [0.5, 0.6) is 17.2 Å². The van der Waals surface area contributed by atoms with Crippen molar-refractivity contribution in [2.45, 2.75) is 0 Å². The third kappa shape index (κ3) is 5.21. The molecule has 0 amide bonds. The van der Waals surface area contributed by atoms with Crippen LogP contribution in [0.1, 0.15) is 0 Å². The Morgan fingerprint density at radius 1 is 0.500 bits per heavy atom. The van der Waals surface area contributed by atoms with Crippen molar-refractivity contribution >= 4 is 26.7 Å². The fourth-order valence-electron chi connectivity index (χ4n) is 1.89. The first-order valence-corrected chi connectivity index (χ1v) is 8.54. The minimum atomic E-state index is -3.89. The van der Waals surface area contributed by atoms with E-state index in [1.54, 1.807) is 72.8 Å². The quantitative estimate of drug-likeness (QED) is 0.473. The van der Waals surface area contributed by atoms with E-state index < -0.39 is 7.82 Å². The monoisotopic (exact) mass is 333 g/mol. The number of hydrogen-bond acceptors (Lipinski definition) is 4. The van der Waals surface area contributed by atoms with E-state index in [1.807, 2.05) is 18.2 Å². The molecule has 0 N–H and O–H groups in total. The van der Waals surface area contributed by atoms with Crippen molar-refractivity contribution in [1.82, 2.24) is 0 Å². The maximum Gasteiger partial charge on any atom is 0.647 e. The molecular weight excluding hydrogens is 318 g/mol. The number of hydrogen-bond donors (Lipinski definition) is 0. The summed E-state index contributed by atoms with van der Waals surface area (Å²) in [5.41, 5.74) is 0. The van der Waals surface area contributed by atoms with Crippen molar-refractivity contribution in [1.29, 1.82) is 0 Å². The number of phosphoric ester groups is 1. The van der Waals surface area contributed by atoms with Gasteiger partial charge in [0, 0.05) is 18.9 Å². The fraction of sp³-hybridized carbons (Fsp3) is 0. The molecule has 0 aliphatic rings. The smallest absolute Gasteiger partial charge is 0.386 e. The molecule has 0 heterocycles. The standard InChI is InChI=1S/C18H15O4P.Li/c19-23(20-16-10-4-1-5-11-16,21-17-12-6-2-7-13-17)22-18-14-8-3-9-15-18;/h1-15H;. The summed E-state index contributed by atoms with van der Waals surface area (Å²) in [6.45, 7) is 0. The fourth-order valence-corrected chi connectivity index (χ4v) is 3.14. The van der Waals surface area contributed by atoms with Gasteiger partial charge in [0.05, 0.1) is 0 Å². The van der Waals surface area contributed by atoms with Crippen molar-refractivity contribution in [2.75, 3.05) is 0 Å². The molecule has 4 nitrogen and oxygen atoms in total. The van der Waals surface area contributed by atoms with Gasteiger partial charge in [-0.1, -0.05) is 54.6 Å². The van der Waals surface area contributed by atoms with Gasteiger partial charge in [-0.05, 0) is 36.4 Å². The average molecular weight is 333 g/mol. The first-order valence-electron chi connectivity index (χ1n) is 7.07. The van der Waals surface area contributed by atoms with Gasteiger partial charge in [0.25, 0.3) is 0 Å². The summed E-state index contributed by atoms with van der Waals surface area (Å²) in [6.07, 6.45) is 0. The maximum atomic E-state index is 13.1. The molecule has 1 radical (unpaired) electrons. The summed E-state index contributed by atoms with van der Waals surface area (Å²) in [4.78, 5) is 0. The van der Waals surface area contributed by atoms with Gasteiger partial charge >= 0.3 is 7.82 Å². The first-order chi connectivity index (χ1) is 11.2. The predicted molar refractivity (Wildman–Crippen MR) is 94.6 cm³/mol. The van der Waals surface area contributed by atoms with E-state index in [0.29, 0.717) is 17.2 Å². The van der Waals surface area contributed by atoms with Crippen molar-refractivity contribution < 1.29 is 18.1 Å². The van der Waals surface area contributed by atoms with E-state index >= 15 is 0 Å². The molecule has 0 atom stereocenters. The topological polar surface area (TPSA) is 44.8 Å². The van der Waals surface area contributed by atoms with Crippen LogP contribution in [0.25, 0.3) is 0 Å². The van der Waals surface area contributed by atoms with Gasteiger partial charge in [0.15, 0.2) is 0 Å². The zero-order valence-electron chi connectivity index (χ0n) is 13.2. The molecule has 0 spiro atoms. The Bertz CT molecular complexity index is 674. The van der Waals surface area contributed by atoms with Crippen molar-refractivity contribution in [3.63, 3.8) is 0 Å². The van der Waals surface area contributed by atoms with Crippen LogP contribution in [0.15, 0.2) is 91.0 Å². The van der Waals surface area contributed by atoms with E-state index in [2.05, 4.69) is 0 Å². The largest absolute Gasteiger partial charge is 0.647 e. The zero-order chi connectivity index (χ0) is 16.0. The third-order valence-electron chi connectivity index (χ3n) is 2.88. The third-order valence-corrected chi connectivity index (χ3v) is 4.18. The molecule has 24 heavy (non-hydrogen) atoms. The minimum Gasteiger partial charge on any atom is -0.386 e. The van der Waals surface area contributed by atoms with Gasteiger partial charge < -0.3 is 13.6 Å². The van der Waals surface area contributed by atoms with Crippen LogP contribution >= 0.6 is 7.82 Å². The Labute approximate surface area is 153 Å². The van der Waals surface area contributed by atoms with Crippen LogP contribution in [0.4, 0.5) is 0 Å². The molecular formula is C18H15LiO4P. The van der Waals surface area contributed by atoms with Crippen molar-refractivity contribution in [3.8, 4) is 17.2 Å². The van der Waals surface area contributed by atoms with Crippen molar-refractivity contribution in [3.05, 3.63) is 91.0 Å². The summed E-state index contributed by atoms with van der Waals surface area (Å²) in [6, 6.07) is 26.4. The number of rotatable bonds is 6.